The molecule has 2 heterocycles. The van der Waals surface area contributed by atoms with Crippen LogP contribution in [0.25, 0.3) is 0 Å². The molecule has 17 heavy (non-hydrogen) atoms. The summed E-state index contributed by atoms with van der Waals surface area (Å²) in [4.78, 5) is 17.3. The number of esters is 1. The largest absolute Gasteiger partial charge is 0.468 e. The molecule has 4 nitrogen and oxygen atoms in total. The maximum atomic E-state index is 13.0. The third-order valence-corrected chi connectivity index (χ3v) is 2.98. The van der Waals surface area contributed by atoms with E-state index in [0.29, 0.717) is 6.54 Å². The minimum Gasteiger partial charge on any atom is -0.468 e. The fourth-order valence-corrected chi connectivity index (χ4v) is 2.20. The highest BCUT2D eigenvalue weighted by Crippen LogP contribution is 2.20. The maximum Gasteiger partial charge on any atom is 0.323 e. The van der Waals surface area contributed by atoms with Crippen molar-refractivity contribution in [1.29, 1.82) is 0 Å². The van der Waals surface area contributed by atoms with Gasteiger partial charge in [-0.15, -0.1) is 0 Å². The average Bonchev–Trinajstić information content (AvgIpc) is 2.76. The predicted molar refractivity (Wildman–Crippen MR) is 59.6 cm³/mol. The number of halogens is 1. The van der Waals surface area contributed by atoms with Crippen molar-refractivity contribution >= 4 is 5.97 Å². The second-order valence-electron chi connectivity index (χ2n) is 4.16. The van der Waals surface area contributed by atoms with Gasteiger partial charge in [-0.05, 0) is 31.0 Å². The van der Waals surface area contributed by atoms with Gasteiger partial charge in [0, 0.05) is 12.7 Å². The highest BCUT2D eigenvalue weighted by molar-refractivity contribution is 5.75. The van der Waals surface area contributed by atoms with Crippen molar-refractivity contribution in [2.45, 2.75) is 25.4 Å². The Labute approximate surface area is 99.4 Å². The summed E-state index contributed by atoms with van der Waals surface area (Å²) < 4.78 is 17.7. The molecular weight excluding hydrogens is 223 g/mol. The summed E-state index contributed by atoms with van der Waals surface area (Å²) in [5.41, 5.74) is 0.779. The van der Waals surface area contributed by atoms with E-state index in [2.05, 4.69) is 4.98 Å². The Morgan fingerprint density at radius 1 is 1.65 bits per heavy atom. The minimum atomic E-state index is -0.351. The van der Waals surface area contributed by atoms with Gasteiger partial charge in [0.15, 0.2) is 0 Å². The lowest BCUT2D eigenvalue weighted by atomic mass is 10.2. The van der Waals surface area contributed by atoms with Gasteiger partial charge in [0.2, 0.25) is 0 Å². The van der Waals surface area contributed by atoms with Crippen LogP contribution >= 0.6 is 0 Å². The predicted octanol–water partition coefficient (Wildman–Crippen LogP) is 1.36. The lowest BCUT2D eigenvalue weighted by molar-refractivity contribution is -0.146. The number of nitrogens with zero attached hydrogens (tertiary/aromatic N) is 2. The zero-order valence-corrected chi connectivity index (χ0v) is 9.73. The maximum absolute atomic E-state index is 13.0. The normalized spacial score (nSPS) is 20.5. The Kier molecular flexibility index (Phi) is 3.68. The second-order valence-corrected chi connectivity index (χ2v) is 4.16. The highest BCUT2D eigenvalue weighted by Gasteiger charge is 2.31. The number of pyridine rings is 1. The number of ether oxygens (including phenoxy) is 1. The Hall–Kier alpha value is -1.49. The number of aromatic nitrogens is 1. The zero-order chi connectivity index (χ0) is 12.3. The fourth-order valence-electron chi connectivity index (χ4n) is 2.20. The van der Waals surface area contributed by atoms with Crippen LogP contribution in [0.3, 0.4) is 0 Å². The van der Waals surface area contributed by atoms with Gasteiger partial charge in [-0.25, -0.2) is 4.39 Å². The lowest BCUT2D eigenvalue weighted by Crippen LogP contribution is -2.36. The SMILES string of the molecule is COC(=O)C1CCCN1Cc1cncc(F)c1. The Morgan fingerprint density at radius 3 is 3.18 bits per heavy atom. The third kappa shape index (κ3) is 2.79. The Morgan fingerprint density at radius 2 is 2.47 bits per heavy atom. The first kappa shape index (κ1) is 12.0. The molecule has 0 amide bonds. The van der Waals surface area contributed by atoms with Gasteiger partial charge in [-0.1, -0.05) is 0 Å². The van der Waals surface area contributed by atoms with E-state index in [1.807, 2.05) is 4.90 Å². The number of methoxy groups -OCH3 is 1. The molecule has 1 aromatic heterocycles. The number of likely N-dealkylation sites (tertiary alicyclic amines) is 1. The summed E-state index contributed by atoms with van der Waals surface area (Å²) in [6.45, 7) is 1.36. The van der Waals surface area contributed by atoms with Crippen molar-refractivity contribution in [1.82, 2.24) is 9.88 Å². The van der Waals surface area contributed by atoms with E-state index in [9.17, 15) is 9.18 Å². The van der Waals surface area contributed by atoms with Crippen LogP contribution in [0.15, 0.2) is 18.5 Å². The van der Waals surface area contributed by atoms with Gasteiger partial charge >= 0.3 is 5.97 Å². The quantitative estimate of drug-likeness (QED) is 0.746. The molecule has 92 valence electrons. The van der Waals surface area contributed by atoms with E-state index in [-0.39, 0.29) is 17.8 Å². The van der Waals surface area contributed by atoms with Crippen LogP contribution in [0.5, 0.6) is 0 Å². The minimum absolute atomic E-state index is 0.205. The van der Waals surface area contributed by atoms with Crippen molar-refractivity contribution < 1.29 is 13.9 Å². The Balaban J connectivity index is 2.05. The average molecular weight is 238 g/mol. The van der Waals surface area contributed by atoms with Crippen LogP contribution in [0.2, 0.25) is 0 Å². The summed E-state index contributed by atoms with van der Waals surface area (Å²) in [7, 11) is 1.39. The van der Waals surface area contributed by atoms with E-state index in [4.69, 9.17) is 4.74 Å². The molecule has 1 unspecified atom stereocenters. The van der Waals surface area contributed by atoms with E-state index in [0.717, 1.165) is 24.9 Å². The van der Waals surface area contributed by atoms with E-state index in [1.165, 1.54) is 19.4 Å². The zero-order valence-electron chi connectivity index (χ0n) is 9.73. The first-order chi connectivity index (χ1) is 8.20. The summed E-state index contributed by atoms with van der Waals surface area (Å²) >= 11 is 0. The topological polar surface area (TPSA) is 42.4 Å². The molecule has 0 radical (unpaired) electrons. The first-order valence-corrected chi connectivity index (χ1v) is 5.62. The molecule has 1 saturated heterocycles. The molecule has 5 heteroatoms. The van der Waals surface area contributed by atoms with Crippen LogP contribution in [0.4, 0.5) is 4.39 Å². The van der Waals surface area contributed by atoms with E-state index < -0.39 is 0 Å². The van der Waals surface area contributed by atoms with Gasteiger partial charge in [0.1, 0.15) is 11.9 Å². The molecule has 1 aliphatic rings. The molecule has 1 aliphatic heterocycles. The molecule has 0 bridgehead atoms. The van der Waals surface area contributed by atoms with Crippen molar-refractivity contribution in [3.8, 4) is 0 Å². The Bertz CT molecular complexity index is 411. The number of carbonyl (C=O) groups is 1. The van der Waals surface area contributed by atoms with Gasteiger partial charge < -0.3 is 4.74 Å². The van der Waals surface area contributed by atoms with Gasteiger partial charge in [-0.2, -0.15) is 0 Å². The molecule has 0 saturated carbocycles. The first-order valence-electron chi connectivity index (χ1n) is 5.62. The summed E-state index contributed by atoms with van der Waals surface area (Å²) in [5.74, 6) is -0.567. The van der Waals surface area contributed by atoms with E-state index >= 15 is 0 Å². The van der Waals surface area contributed by atoms with Crippen LogP contribution in [0.1, 0.15) is 18.4 Å². The molecule has 0 N–H and O–H groups in total. The van der Waals surface area contributed by atoms with Crippen LogP contribution in [-0.4, -0.2) is 35.5 Å². The van der Waals surface area contributed by atoms with Crippen LogP contribution in [-0.2, 0) is 16.1 Å². The monoisotopic (exact) mass is 238 g/mol. The molecule has 2 rings (SSSR count). The smallest absolute Gasteiger partial charge is 0.323 e. The van der Waals surface area contributed by atoms with Crippen LogP contribution in [0, 0.1) is 5.82 Å². The standard InChI is InChI=1S/C12H15FN2O2/c1-17-12(16)11-3-2-4-15(11)8-9-5-10(13)7-14-6-9/h5-7,11H,2-4,8H2,1H3. The molecule has 1 fully saturated rings. The molecule has 1 aromatic rings. The molecular formula is C12H15FN2O2. The molecule has 0 aliphatic carbocycles. The third-order valence-electron chi connectivity index (χ3n) is 2.98. The summed E-state index contributed by atoms with van der Waals surface area (Å²) in [5, 5.41) is 0. The van der Waals surface area contributed by atoms with E-state index in [1.54, 1.807) is 6.20 Å². The summed E-state index contributed by atoms with van der Waals surface area (Å²) in [6.07, 6.45) is 4.55. The number of rotatable bonds is 3. The van der Waals surface area contributed by atoms with Gasteiger partial charge in [0.25, 0.3) is 0 Å². The number of hydrogen-bond acceptors (Lipinski definition) is 4. The molecule has 0 spiro atoms. The van der Waals surface area contributed by atoms with Crippen molar-refractivity contribution in [3.05, 3.63) is 29.8 Å². The van der Waals surface area contributed by atoms with Crippen molar-refractivity contribution in [2.24, 2.45) is 0 Å². The molecule has 0 aromatic carbocycles. The van der Waals surface area contributed by atoms with Crippen molar-refractivity contribution in [3.63, 3.8) is 0 Å². The number of carbonyl (C=O) groups excluding carboxylic acids is 1. The highest BCUT2D eigenvalue weighted by atomic mass is 19.1. The lowest BCUT2D eigenvalue weighted by Gasteiger charge is -2.22. The van der Waals surface area contributed by atoms with Crippen molar-refractivity contribution in [2.75, 3.05) is 13.7 Å². The second kappa shape index (κ2) is 5.23. The van der Waals surface area contributed by atoms with Crippen LogP contribution < -0.4 is 0 Å². The number of hydrogen-bond donors (Lipinski definition) is 0. The molecule has 1 atom stereocenters. The van der Waals surface area contributed by atoms with Gasteiger partial charge in [0.05, 0.1) is 13.3 Å². The van der Waals surface area contributed by atoms with Gasteiger partial charge in [-0.3, -0.25) is 14.7 Å². The fraction of sp³-hybridized carbons (Fsp3) is 0.500. The summed E-state index contributed by atoms with van der Waals surface area (Å²) in [6, 6.07) is 1.24.